The summed E-state index contributed by atoms with van der Waals surface area (Å²) in [4.78, 5) is 22.9. The molecule has 0 heterocycles. The minimum atomic E-state index is -4.50. The van der Waals surface area contributed by atoms with Gasteiger partial charge in [-0.1, -0.05) is 0 Å². The number of allylic oxidation sites excluding steroid dienone is 1. The van der Waals surface area contributed by atoms with Crippen molar-refractivity contribution in [3.05, 3.63) is 41.2 Å². The normalized spacial score (nSPS) is 12.0. The Balaban J connectivity index is 2.77. The second-order valence-electron chi connectivity index (χ2n) is 4.89. The zero-order valence-electron chi connectivity index (χ0n) is 13.2. The van der Waals surface area contributed by atoms with E-state index in [1.54, 1.807) is 0 Å². The summed E-state index contributed by atoms with van der Waals surface area (Å²) in [5, 5.41) is 21.0. The third-order valence-corrected chi connectivity index (χ3v) is 3.12. The van der Waals surface area contributed by atoms with Crippen LogP contribution in [0, 0.1) is 11.3 Å². The average molecular weight is 356 g/mol. The molecule has 0 saturated carbocycles. The molecule has 1 aromatic rings. The number of nitriles is 1. The molecule has 0 radical (unpaired) electrons. The molecule has 134 valence electrons. The lowest BCUT2D eigenvalue weighted by Crippen LogP contribution is -2.16. The first-order chi connectivity index (χ1) is 11.7. The quantitative estimate of drug-likeness (QED) is 0.352. The highest BCUT2D eigenvalue weighted by Gasteiger charge is 2.30. The molecule has 0 aliphatic rings. The lowest BCUT2D eigenvalue weighted by atomic mass is 10.1. The summed E-state index contributed by atoms with van der Waals surface area (Å²) in [5.41, 5.74) is -1.43. The number of methoxy groups -OCH3 is 1. The maximum Gasteiger partial charge on any atom is 0.416 e. The fraction of sp³-hybridized carbons (Fsp3) is 0.312. The Morgan fingerprint density at radius 3 is 2.32 bits per heavy atom. The molecule has 0 aromatic heterocycles. The van der Waals surface area contributed by atoms with Gasteiger partial charge in [-0.25, -0.2) is 0 Å². The second kappa shape index (κ2) is 8.73. The molecule has 1 aromatic carbocycles. The van der Waals surface area contributed by atoms with Crippen LogP contribution in [-0.2, 0) is 20.5 Å². The van der Waals surface area contributed by atoms with Crippen LogP contribution in [0.4, 0.5) is 18.9 Å². The van der Waals surface area contributed by atoms with Crippen LogP contribution in [0.1, 0.15) is 24.8 Å². The van der Waals surface area contributed by atoms with Crippen LogP contribution in [0.25, 0.3) is 0 Å². The standard InChI is InChI=1S/C16H15F3N2O4/c1-25-14(23)4-2-3-13(22)12(9-20)15(24)21-11-7-5-10(6-8-11)16(17,18)19/h5-8,22H,2-4H2,1H3,(H,21,24). The van der Waals surface area contributed by atoms with Gasteiger partial charge in [-0.15, -0.1) is 0 Å². The number of hydrogen-bond donors (Lipinski definition) is 2. The lowest BCUT2D eigenvalue weighted by molar-refractivity contribution is -0.140. The van der Waals surface area contributed by atoms with E-state index in [9.17, 15) is 27.9 Å². The van der Waals surface area contributed by atoms with Crippen molar-refractivity contribution in [1.82, 2.24) is 0 Å². The Morgan fingerprint density at radius 2 is 1.84 bits per heavy atom. The first kappa shape index (κ1) is 20.0. The fourth-order valence-corrected chi connectivity index (χ4v) is 1.81. The Labute approximate surface area is 141 Å². The van der Waals surface area contributed by atoms with Crippen molar-refractivity contribution in [3.8, 4) is 6.07 Å². The summed E-state index contributed by atoms with van der Waals surface area (Å²) in [5.74, 6) is -1.98. The molecule has 1 rings (SSSR count). The minimum Gasteiger partial charge on any atom is -0.511 e. The summed E-state index contributed by atoms with van der Waals surface area (Å²) in [6.07, 6.45) is -4.44. The zero-order valence-corrected chi connectivity index (χ0v) is 13.2. The molecule has 0 aliphatic carbocycles. The van der Waals surface area contributed by atoms with Crippen molar-refractivity contribution < 1.29 is 32.6 Å². The van der Waals surface area contributed by atoms with Gasteiger partial charge in [0.25, 0.3) is 5.91 Å². The first-order valence-electron chi connectivity index (χ1n) is 7.06. The molecule has 0 spiro atoms. The van der Waals surface area contributed by atoms with Gasteiger partial charge in [0, 0.05) is 18.5 Å². The van der Waals surface area contributed by atoms with E-state index in [0.29, 0.717) is 0 Å². The van der Waals surface area contributed by atoms with Crippen LogP contribution >= 0.6 is 0 Å². The predicted molar refractivity (Wildman–Crippen MR) is 81.2 cm³/mol. The maximum absolute atomic E-state index is 12.5. The van der Waals surface area contributed by atoms with Crippen molar-refractivity contribution in [2.24, 2.45) is 0 Å². The number of esters is 1. The van der Waals surface area contributed by atoms with Crippen LogP contribution in [0.3, 0.4) is 0 Å². The SMILES string of the molecule is COC(=O)CCCC(O)=C(C#N)C(=O)Nc1ccc(C(F)(F)F)cc1. The number of nitrogens with zero attached hydrogens (tertiary/aromatic N) is 1. The fourth-order valence-electron chi connectivity index (χ4n) is 1.81. The number of carbonyl (C=O) groups excluding carboxylic acids is 2. The van der Waals surface area contributed by atoms with E-state index < -0.39 is 34.9 Å². The number of anilines is 1. The maximum atomic E-state index is 12.5. The Morgan fingerprint density at radius 1 is 1.24 bits per heavy atom. The van der Waals surface area contributed by atoms with Crippen molar-refractivity contribution >= 4 is 17.6 Å². The molecular weight excluding hydrogens is 341 g/mol. The highest BCUT2D eigenvalue weighted by Crippen LogP contribution is 2.29. The summed E-state index contributed by atoms with van der Waals surface area (Å²) < 4.78 is 41.8. The van der Waals surface area contributed by atoms with Gasteiger partial charge < -0.3 is 15.2 Å². The van der Waals surface area contributed by atoms with Crippen molar-refractivity contribution in [1.29, 1.82) is 5.26 Å². The zero-order chi connectivity index (χ0) is 19.0. The average Bonchev–Trinajstić information content (AvgIpc) is 2.55. The number of aliphatic hydroxyl groups excluding tert-OH is 1. The molecule has 6 nitrogen and oxygen atoms in total. The lowest BCUT2D eigenvalue weighted by Gasteiger charge is -2.09. The molecule has 0 saturated heterocycles. The summed E-state index contributed by atoms with van der Waals surface area (Å²) in [6, 6.07) is 5.15. The van der Waals surface area contributed by atoms with E-state index in [1.807, 2.05) is 0 Å². The number of carbonyl (C=O) groups is 2. The number of halogens is 3. The monoisotopic (exact) mass is 356 g/mol. The molecule has 2 N–H and O–H groups in total. The predicted octanol–water partition coefficient (Wildman–Crippen LogP) is 3.32. The van der Waals surface area contributed by atoms with E-state index in [1.165, 1.54) is 13.2 Å². The highest BCUT2D eigenvalue weighted by atomic mass is 19.4. The molecule has 0 fully saturated rings. The van der Waals surface area contributed by atoms with Crippen molar-refractivity contribution in [2.75, 3.05) is 12.4 Å². The van der Waals surface area contributed by atoms with Crippen LogP contribution in [0.5, 0.6) is 0 Å². The van der Waals surface area contributed by atoms with Crippen molar-refractivity contribution in [3.63, 3.8) is 0 Å². The number of rotatable bonds is 6. The molecule has 0 bridgehead atoms. The van der Waals surface area contributed by atoms with Gasteiger partial charge in [-0.05, 0) is 30.7 Å². The van der Waals surface area contributed by atoms with E-state index in [2.05, 4.69) is 10.1 Å². The first-order valence-corrected chi connectivity index (χ1v) is 7.06. The van der Waals surface area contributed by atoms with Crippen LogP contribution in [-0.4, -0.2) is 24.1 Å². The van der Waals surface area contributed by atoms with Gasteiger partial charge in [-0.2, -0.15) is 18.4 Å². The Bertz CT molecular complexity index is 704. The third-order valence-electron chi connectivity index (χ3n) is 3.12. The Hall–Kier alpha value is -3.02. The molecule has 1 amide bonds. The van der Waals surface area contributed by atoms with Crippen LogP contribution in [0.2, 0.25) is 0 Å². The number of aliphatic hydroxyl groups is 1. The van der Waals surface area contributed by atoms with E-state index in [0.717, 1.165) is 24.3 Å². The van der Waals surface area contributed by atoms with Gasteiger partial charge in [0.1, 0.15) is 11.8 Å². The molecular formula is C16H15F3N2O4. The third kappa shape index (κ3) is 6.18. The van der Waals surface area contributed by atoms with Gasteiger partial charge >= 0.3 is 12.1 Å². The molecule has 9 heteroatoms. The smallest absolute Gasteiger partial charge is 0.416 e. The van der Waals surface area contributed by atoms with Gasteiger partial charge in [0.15, 0.2) is 5.57 Å². The van der Waals surface area contributed by atoms with Crippen molar-refractivity contribution in [2.45, 2.75) is 25.4 Å². The van der Waals surface area contributed by atoms with Gasteiger partial charge in [0.2, 0.25) is 0 Å². The number of alkyl halides is 3. The molecule has 0 atom stereocenters. The molecule has 0 aliphatic heterocycles. The van der Waals surface area contributed by atoms with E-state index >= 15 is 0 Å². The van der Waals surface area contributed by atoms with Crippen LogP contribution in [0.15, 0.2) is 35.6 Å². The molecule has 0 unspecified atom stereocenters. The second-order valence-corrected chi connectivity index (χ2v) is 4.89. The number of amides is 1. The summed E-state index contributed by atoms with van der Waals surface area (Å²) in [7, 11) is 1.20. The number of ether oxygens (including phenoxy) is 1. The summed E-state index contributed by atoms with van der Waals surface area (Å²) >= 11 is 0. The molecule has 25 heavy (non-hydrogen) atoms. The van der Waals surface area contributed by atoms with E-state index in [4.69, 9.17) is 5.26 Å². The highest BCUT2D eigenvalue weighted by molar-refractivity contribution is 6.06. The van der Waals surface area contributed by atoms with Gasteiger partial charge in [0.05, 0.1) is 12.7 Å². The number of benzene rings is 1. The van der Waals surface area contributed by atoms with E-state index in [-0.39, 0.29) is 24.9 Å². The minimum absolute atomic E-state index is 0.000206. The number of hydrogen-bond acceptors (Lipinski definition) is 5. The Kier molecular flexibility index (Phi) is 6.99. The largest absolute Gasteiger partial charge is 0.511 e. The topological polar surface area (TPSA) is 99.4 Å². The van der Waals surface area contributed by atoms with Gasteiger partial charge in [-0.3, -0.25) is 9.59 Å². The summed E-state index contributed by atoms with van der Waals surface area (Å²) in [6.45, 7) is 0. The van der Waals surface area contributed by atoms with Crippen LogP contribution < -0.4 is 5.32 Å². The number of nitrogens with one attached hydrogen (secondary N) is 1.